The molecular formula is C13H24N2O2. The monoisotopic (exact) mass is 240 g/mol. The maximum Gasteiger partial charge on any atom is 0.118 e. The second-order valence-electron chi connectivity index (χ2n) is 4.06. The van der Waals surface area contributed by atoms with E-state index in [4.69, 9.17) is 14.9 Å². The molecule has 98 valence electrons. The van der Waals surface area contributed by atoms with E-state index in [2.05, 4.69) is 17.9 Å². The quantitative estimate of drug-likeness (QED) is 0.705. The number of likely N-dealkylation sites (N-methyl/N-ethyl adjacent to an activating group) is 1. The zero-order valence-corrected chi connectivity index (χ0v) is 11.2. The molecule has 1 aromatic heterocycles. The van der Waals surface area contributed by atoms with E-state index in [1.54, 1.807) is 0 Å². The minimum atomic E-state index is 0.464. The van der Waals surface area contributed by atoms with E-state index >= 15 is 0 Å². The van der Waals surface area contributed by atoms with Crippen molar-refractivity contribution in [3.63, 3.8) is 0 Å². The summed E-state index contributed by atoms with van der Waals surface area (Å²) in [6.07, 6.45) is 0. The molecule has 0 spiro atoms. The fourth-order valence-corrected chi connectivity index (χ4v) is 1.77. The number of rotatable bonds is 8. The van der Waals surface area contributed by atoms with Crippen molar-refractivity contribution >= 4 is 0 Å². The molecule has 0 radical (unpaired) electrons. The van der Waals surface area contributed by atoms with Crippen LogP contribution in [0.3, 0.4) is 0 Å². The molecule has 0 atom stereocenters. The molecule has 0 saturated heterocycles. The van der Waals surface area contributed by atoms with Gasteiger partial charge in [-0.25, -0.2) is 0 Å². The van der Waals surface area contributed by atoms with Crippen molar-refractivity contribution < 1.29 is 9.15 Å². The summed E-state index contributed by atoms with van der Waals surface area (Å²) in [7, 11) is 0. The molecule has 0 saturated carbocycles. The molecule has 4 nitrogen and oxygen atoms in total. The zero-order valence-electron chi connectivity index (χ0n) is 11.2. The summed E-state index contributed by atoms with van der Waals surface area (Å²) in [6, 6.07) is 2.05. The third-order valence-electron chi connectivity index (χ3n) is 2.87. The van der Waals surface area contributed by atoms with E-state index in [9.17, 15) is 0 Å². The standard InChI is InChI=1S/C13H24N2O2/c1-4-15(6-7-16-5-2)10-12-8-13(9-14)17-11(12)3/h8H,4-7,9-10,14H2,1-3H3. The van der Waals surface area contributed by atoms with Gasteiger partial charge in [0, 0.05) is 25.3 Å². The number of ether oxygens (including phenoxy) is 1. The van der Waals surface area contributed by atoms with E-state index in [0.717, 1.165) is 44.4 Å². The molecule has 0 bridgehead atoms. The topological polar surface area (TPSA) is 51.6 Å². The van der Waals surface area contributed by atoms with Gasteiger partial charge in [-0.3, -0.25) is 4.90 Å². The molecule has 1 rings (SSSR count). The molecule has 0 aromatic carbocycles. The summed E-state index contributed by atoms with van der Waals surface area (Å²) in [5, 5.41) is 0. The van der Waals surface area contributed by atoms with Crippen molar-refractivity contribution in [3.8, 4) is 0 Å². The number of hydrogen-bond acceptors (Lipinski definition) is 4. The van der Waals surface area contributed by atoms with E-state index in [0.29, 0.717) is 6.54 Å². The number of hydrogen-bond donors (Lipinski definition) is 1. The first kappa shape index (κ1) is 14.2. The van der Waals surface area contributed by atoms with Crippen molar-refractivity contribution in [3.05, 3.63) is 23.2 Å². The van der Waals surface area contributed by atoms with Gasteiger partial charge in [-0.05, 0) is 26.5 Å². The number of nitrogens with zero attached hydrogens (tertiary/aromatic N) is 1. The van der Waals surface area contributed by atoms with Gasteiger partial charge in [-0.2, -0.15) is 0 Å². The van der Waals surface area contributed by atoms with E-state index < -0.39 is 0 Å². The average Bonchev–Trinajstić information content (AvgIpc) is 2.69. The Kier molecular flexibility index (Phi) is 6.26. The summed E-state index contributed by atoms with van der Waals surface area (Å²) >= 11 is 0. The molecule has 0 aliphatic heterocycles. The lowest BCUT2D eigenvalue weighted by molar-refractivity contribution is 0.112. The first-order chi connectivity index (χ1) is 8.21. The Morgan fingerprint density at radius 2 is 2.18 bits per heavy atom. The molecular weight excluding hydrogens is 216 g/mol. The SMILES string of the molecule is CCOCCN(CC)Cc1cc(CN)oc1C. The molecule has 0 amide bonds. The van der Waals surface area contributed by atoms with Crippen LogP contribution in [0.4, 0.5) is 0 Å². The van der Waals surface area contributed by atoms with Gasteiger partial charge in [0.05, 0.1) is 13.2 Å². The predicted molar refractivity (Wildman–Crippen MR) is 68.8 cm³/mol. The minimum absolute atomic E-state index is 0.464. The van der Waals surface area contributed by atoms with Crippen LogP contribution >= 0.6 is 0 Å². The second-order valence-corrected chi connectivity index (χ2v) is 4.06. The fourth-order valence-electron chi connectivity index (χ4n) is 1.77. The van der Waals surface area contributed by atoms with Crippen molar-refractivity contribution in [2.45, 2.75) is 33.9 Å². The Morgan fingerprint density at radius 3 is 2.71 bits per heavy atom. The maximum absolute atomic E-state index is 5.57. The highest BCUT2D eigenvalue weighted by molar-refractivity contribution is 5.20. The maximum atomic E-state index is 5.57. The third-order valence-corrected chi connectivity index (χ3v) is 2.87. The average molecular weight is 240 g/mol. The third kappa shape index (κ3) is 4.50. The van der Waals surface area contributed by atoms with Crippen LogP contribution < -0.4 is 5.73 Å². The minimum Gasteiger partial charge on any atom is -0.465 e. The molecule has 4 heteroatoms. The molecule has 1 aromatic rings. The normalized spacial score (nSPS) is 11.4. The molecule has 0 aliphatic carbocycles. The second kappa shape index (κ2) is 7.48. The number of furan rings is 1. The van der Waals surface area contributed by atoms with Gasteiger partial charge in [-0.15, -0.1) is 0 Å². The molecule has 17 heavy (non-hydrogen) atoms. The van der Waals surface area contributed by atoms with E-state index in [1.165, 1.54) is 5.56 Å². The van der Waals surface area contributed by atoms with Gasteiger partial charge in [-0.1, -0.05) is 6.92 Å². The molecule has 0 unspecified atom stereocenters. The van der Waals surface area contributed by atoms with Crippen LogP contribution in [0.2, 0.25) is 0 Å². The Balaban J connectivity index is 2.51. The highest BCUT2D eigenvalue weighted by Gasteiger charge is 2.10. The molecule has 0 fully saturated rings. The van der Waals surface area contributed by atoms with Gasteiger partial charge in [0.25, 0.3) is 0 Å². The first-order valence-electron chi connectivity index (χ1n) is 6.29. The van der Waals surface area contributed by atoms with Gasteiger partial charge >= 0.3 is 0 Å². The summed E-state index contributed by atoms with van der Waals surface area (Å²) in [6.45, 7) is 11.1. The van der Waals surface area contributed by atoms with Crippen LogP contribution in [0.5, 0.6) is 0 Å². The highest BCUT2D eigenvalue weighted by Crippen LogP contribution is 2.16. The Bertz CT molecular complexity index is 323. The van der Waals surface area contributed by atoms with Gasteiger partial charge in [0.1, 0.15) is 11.5 Å². The lowest BCUT2D eigenvalue weighted by Gasteiger charge is -2.19. The van der Waals surface area contributed by atoms with Crippen LogP contribution in [-0.2, 0) is 17.8 Å². The Hall–Kier alpha value is -0.840. The van der Waals surface area contributed by atoms with Crippen LogP contribution in [-0.4, -0.2) is 31.2 Å². The largest absolute Gasteiger partial charge is 0.465 e. The Labute approximate surface area is 104 Å². The summed E-state index contributed by atoms with van der Waals surface area (Å²) in [5.74, 6) is 1.83. The Morgan fingerprint density at radius 1 is 1.41 bits per heavy atom. The van der Waals surface area contributed by atoms with Crippen LogP contribution in [0.15, 0.2) is 10.5 Å². The number of aryl methyl sites for hydroxylation is 1. The highest BCUT2D eigenvalue weighted by atomic mass is 16.5. The van der Waals surface area contributed by atoms with Crippen molar-refractivity contribution in [2.24, 2.45) is 5.73 Å². The fraction of sp³-hybridized carbons (Fsp3) is 0.692. The predicted octanol–water partition coefficient (Wildman–Crippen LogP) is 1.91. The van der Waals surface area contributed by atoms with Gasteiger partial charge < -0.3 is 14.9 Å². The molecule has 0 aliphatic rings. The van der Waals surface area contributed by atoms with Crippen molar-refractivity contribution in [1.29, 1.82) is 0 Å². The van der Waals surface area contributed by atoms with Gasteiger partial charge in [0.2, 0.25) is 0 Å². The number of nitrogens with two attached hydrogens (primary N) is 1. The van der Waals surface area contributed by atoms with Gasteiger partial charge in [0.15, 0.2) is 0 Å². The lowest BCUT2D eigenvalue weighted by Crippen LogP contribution is -2.27. The summed E-state index contributed by atoms with van der Waals surface area (Å²) < 4.78 is 10.9. The lowest BCUT2D eigenvalue weighted by atomic mass is 10.2. The van der Waals surface area contributed by atoms with Crippen molar-refractivity contribution in [2.75, 3.05) is 26.3 Å². The molecule has 2 N–H and O–H groups in total. The van der Waals surface area contributed by atoms with E-state index in [1.807, 2.05) is 13.8 Å². The molecule has 1 heterocycles. The van der Waals surface area contributed by atoms with E-state index in [-0.39, 0.29) is 0 Å². The summed E-state index contributed by atoms with van der Waals surface area (Å²) in [4.78, 5) is 2.34. The smallest absolute Gasteiger partial charge is 0.118 e. The van der Waals surface area contributed by atoms with Crippen LogP contribution in [0, 0.1) is 6.92 Å². The first-order valence-corrected chi connectivity index (χ1v) is 6.29. The van der Waals surface area contributed by atoms with Crippen LogP contribution in [0.25, 0.3) is 0 Å². The van der Waals surface area contributed by atoms with Crippen LogP contribution in [0.1, 0.15) is 30.9 Å². The van der Waals surface area contributed by atoms with Crippen molar-refractivity contribution in [1.82, 2.24) is 4.90 Å². The summed E-state index contributed by atoms with van der Waals surface area (Å²) in [5.41, 5.74) is 6.79. The zero-order chi connectivity index (χ0) is 12.7.